The molecule has 5 heteroatoms. The number of aromatic nitrogens is 2. The van der Waals surface area contributed by atoms with Gasteiger partial charge >= 0.3 is 0 Å². The van der Waals surface area contributed by atoms with E-state index in [1.54, 1.807) is 12.5 Å². The van der Waals surface area contributed by atoms with E-state index >= 15 is 0 Å². The third kappa shape index (κ3) is 3.36. The topological polar surface area (TPSA) is 51.4 Å². The van der Waals surface area contributed by atoms with Crippen molar-refractivity contribution in [3.8, 4) is 0 Å². The van der Waals surface area contributed by atoms with Crippen LogP contribution in [0.15, 0.2) is 35.2 Å². The van der Waals surface area contributed by atoms with Gasteiger partial charge in [0.05, 0.1) is 18.9 Å². The molecule has 0 N–H and O–H groups in total. The molecular weight excluding hydrogens is 278 g/mol. The maximum Gasteiger partial charge on any atom is 0.214 e. The number of ether oxygens (including phenoxy) is 1. The smallest absolute Gasteiger partial charge is 0.214 e. The van der Waals surface area contributed by atoms with Crippen LogP contribution in [0.2, 0.25) is 0 Å². The van der Waals surface area contributed by atoms with Crippen molar-refractivity contribution >= 4 is 0 Å². The number of hydrogen-bond donors (Lipinski definition) is 0. The molecule has 0 amide bonds. The Hall–Kier alpha value is -1.72. The van der Waals surface area contributed by atoms with Crippen molar-refractivity contribution in [3.05, 3.63) is 47.9 Å². The minimum atomic E-state index is -0.00848. The van der Waals surface area contributed by atoms with Gasteiger partial charge in [-0.15, -0.1) is 0 Å². The summed E-state index contributed by atoms with van der Waals surface area (Å²) in [6, 6.07) is 4.12. The fraction of sp³-hybridized carbons (Fsp3) is 0.529. The first-order chi connectivity index (χ1) is 10.5. The maximum atomic E-state index is 5.75. The molecule has 2 aromatic heterocycles. The van der Waals surface area contributed by atoms with E-state index in [-0.39, 0.29) is 11.5 Å². The molecule has 0 saturated carbocycles. The molecule has 1 aliphatic rings. The SMILES string of the molecule is CC(C)(C)c1coc([C@@H]2COCCN2Cc2cccnc2)n1. The molecule has 0 aliphatic carbocycles. The molecule has 0 radical (unpaired) electrons. The van der Waals surface area contributed by atoms with Crippen LogP contribution in [0.1, 0.15) is 44.0 Å². The zero-order chi connectivity index (χ0) is 15.6. The van der Waals surface area contributed by atoms with Crippen LogP contribution in [0.3, 0.4) is 0 Å². The van der Waals surface area contributed by atoms with Gasteiger partial charge in [-0.25, -0.2) is 4.98 Å². The third-order valence-electron chi connectivity index (χ3n) is 3.92. The van der Waals surface area contributed by atoms with Gasteiger partial charge in [0.25, 0.3) is 0 Å². The average molecular weight is 301 g/mol. The highest BCUT2D eigenvalue weighted by molar-refractivity contribution is 5.12. The van der Waals surface area contributed by atoms with E-state index in [4.69, 9.17) is 14.1 Å². The Morgan fingerprint density at radius 1 is 1.36 bits per heavy atom. The van der Waals surface area contributed by atoms with Gasteiger partial charge in [-0.2, -0.15) is 0 Å². The second kappa shape index (κ2) is 6.18. The van der Waals surface area contributed by atoms with E-state index in [1.165, 1.54) is 5.56 Å². The lowest BCUT2D eigenvalue weighted by atomic mass is 9.93. The Labute approximate surface area is 131 Å². The molecule has 2 aromatic rings. The summed E-state index contributed by atoms with van der Waals surface area (Å²) < 4.78 is 11.4. The van der Waals surface area contributed by atoms with Gasteiger partial charge in [0.2, 0.25) is 5.89 Å². The first-order valence-electron chi connectivity index (χ1n) is 7.70. The summed E-state index contributed by atoms with van der Waals surface area (Å²) in [4.78, 5) is 11.2. The van der Waals surface area contributed by atoms with Crippen molar-refractivity contribution in [1.29, 1.82) is 0 Å². The highest BCUT2D eigenvalue weighted by Crippen LogP contribution is 2.28. The lowest BCUT2D eigenvalue weighted by molar-refractivity contribution is -0.0223. The van der Waals surface area contributed by atoms with Gasteiger partial charge in [-0.05, 0) is 11.6 Å². The number of nitrogens with zero attached hydrogens (tertiary/aromatic N) is 3. The van der Waals surface area contributed by atoms with E-state index in [9.17, 15) is 0 Å². The Bertz CT molecular complexity index is 604. The van der Waals surface area contributed by atoms with Crippen molar-refractivity contribution in [2.45, 2.75) is 38.8 Å². The summed E-state index contributed by atoms with van der Waals surface area (Å²) in [5.74, 6) is 0.744. The summed E-state index contributed by atoms with van der Waals surface area (Å²) in [5.41, 5.74) is 2.16. The van der Waals surface area contributed by atoms with Crippen molar-refractivity contribution in [2.75, 3.05) is 19.8 Å². The molecule has 1 saturated heterocycles. The van der Waals surface area contributed by atoms with Crippen LogP contribution in [0.5, 0.6) is 0 Å². The molecule has 1 aliphatic heterocycles. The molecule has 0 spiro atoms. The number of morpholine rings is 1. The summed E-state index contributed by atoms with van der Waals surface area (Å²) in [6.45, 7) is 9.47. The van der Waals surface area contributed by atoms with Crippen LogP contribution in [0, 0.1) is 0 Å². The average Bonchev–Trinajstić information content (AvgIpc) is 2.99. The van der Waals surface area contributed by atoms with Crippen LogP contribution in [0.25, 0.3) is 0 Å². The first kappa shape index (κ1) is 15.2. The lowest BCUT2D eigenvalue weighted by Crippen LogP contribution is -2.39. The van der Waals surface area contributed by atoms with Gasteiger partial charge in [0, 0.05) is 30.9 Å². The minimum Gasteiger partial charge on any atom is -0.447 e. The molecule has 22 heavy (non-hydrogen) atoms. The number of pyridine rings is 1. The van der Waals surface area contributed by atoms with Gasteiger partial charge in [-0.3, -0.25) is 9.88 Å². The zero-order valence-electron chi connectivity index (χ0n) is 13.5. The molecule has 0 bridgehead atoms. The second-order valence-electron chi connectivity index (χ2n) is 6.74. The standard InChI is InChI=1S/C17H23N3O2/c1-17(2,3)15-12-22-16(19-15)14-11-21-8-7-20(14)10-13-5-4-6-18-9-13/h4-6,9,12,14H,7-8,10-11H2,1-3H3/t14-/m0/s1. The number of oxazole rings is 1. The normalized spacial score (nSPS) is 20.2. The fourth-order valence-electron chi connectivity index (χ4n) is 2.57. The molecule has 5 nitrogen and oxygen atoms in total. The van der Waals surface area contributed by atoms with Crippen molar-refractivity contribution < 1.29 is 9.15 Å². The van der Waals surface area contributed by atoms with E-state index in [0.29, 0.717) is 6.61 Å². The Morgan fingerprint density at radius 2 is 2.23 bits per heavy atom. The van der Waals surface area contributed by atoms with Crippen molar-refractivity contribution in [1.82, 2.24) is 14.9 Å². The summed E-state index contributed by atoms with van der Waals surface area (Å²) in [7, 11) is 0. The maximum absolute atomic E-state index is 5.75. The zero-order valence-corrected chi connectivity index (χ0v) is 13.5. The van der Waals surface area contributed by atoms with Crippen LogP contribution in [-0.2, 0) is 16.7 Å². The molecular formula is C17H23N3O2. The number of rotatable bonds is 3. The van der Waals surface area contributed by atoms with Crippen LogP contribution in [-0.4, -0.2) is 34.6 Å². The largest absolute Gasteiger partial charge is 0.447 e. The third-order valence-corrected chi connectivity index (χ3v) is 3.92. The number of hydrogen-bond acceptors (Lipinski definition) is 5. The van der Waals surface area contributed by atoms with Gasteiger partial charge in [0.15, 0.2) is 0 Å². The Balaban J connectivity index is 1.79. The summed E-state index contributed by atoms with van der Waals surface area (Å²) in [6.07, 6.45) is 5.47. The Morgan fingerprint density at radius 3 is 2.91 bits per heavy atom. The van der Waals surface area contributed by atoms with E-state index in [0.717, 1.165) is 31.3 Å². The predicted molar refractivity (Wildman–Crippen MR) is 83.4 cm³/mol. The predicted octanol–water partition coefficient (Wildman–Crippen LogP) is 2.94. The molecule has 0 aromatic carbocycles. The monoisotopic (exact) mass is 301 g/mol. The fourth-order valence-corrected chi connectivity index (χ4v) is 2.57. The molecule has 118 valence electrons. The molecule has 1 fully saturated rings. The van der Waals surface area contributed by atoms with E-state index < -0.39 is 0 Å². The molecule has 0 unspecified atom stereocenters. The Kier molecular flexibility index (Phi) is 4.27. The molecule has 1 atom stereocenters. The van der Waals surface area contributed by atoms with E-state index in [2.05, 4.69) is 36.7 Å². The molecule has 3 rings (SSSR count). The minimum absolute atomic E-state index is 0.00848. The van der Waals surface area contributed by atoms with Crippen molar-refractivity contribution in [3.63, 3.8) is 0 Å². The lowest BCUT2D eigenvalue weighted by Gasteiger charge is -2.33. The summed E-state index contributed by atoms with van der Waals surface area (Å²) in [5, 5.41) is 0. The van der Waals surface area contributed by atoms with Gasteiger partial charge in [-0.1, -0.05) is 26.8 Å². The van der Waals surface area contributed by atoms with Crippen molar-refractivity contribution in [2.24, 2.45) is 0 Å². The quantitative estimate of drug-likeness (QED) is 0.872. The van der Waals surface area contributed by atoms with Gasteiger partial charge in [0.1, 0.15) is 12.3 Å². The highest BCUT2D eigenvalue weighted by atomic mass is 16.5. The molecule has 3 heterocycles. The first-order valence-corrected chi connectivity index (χ1v) is 7.70. The highest BCUT2D eigenvalue weighted by Gasteiger charge is 2.30. The van der Waals surface area contributed by atoms with Crippen LogP contribution in [0.4, 0.5) is 0 Å². The van der Waals surface area contributed by atoms with Crippen LogP contribution >= 0.6 is 0 Å². The van der Waals surface area contributed by atoms with Gasteiger partial charge < -0.3 is 9.15 Å². The second-order valence-corrected chi connectivity index (χ2v) is 6.74. The summed E-state index contributed by atoms with van der Waals surface area (Å²) >= 11 is 0. The van der Waals surface area contributed by atoms with E-state index in [1.807, 2.05) is 12.3 Å². The van der Waals surface area contributed by atoms with Crippen LogP contribution < -0.4 is 0 Å².